The van der Waals surface area contributed by atoms with Crippen molar-refractivity contribution in [3.05, 3.63) is 58.8 Å². The van der Waals surface area contributed by atoms with Gasteiger partial charge in [-0.15, -0.1) is 24.0 Å². The van der Waals surface area contributed by atoms with Crippen LogP contribution in [0.5, 0.6) is 0 Å². The zero-order valence-corrected chi connectivity index (χ0v) is 13.3. The predicted octanol–water partition coefficient (Wildman–Crippen LogP) is 4.86. The summed E-state index contributed by atoms with van der Waals surface area (Å²) in [6.45, 7) is 2.63. The summed E-state index contributed by atoms with van der Waals surface area (Å²) in [6.07, 6.45) is 0. The molecule has 1 amide bonds. The van der Waals surface area contributed by atoms with Crippen LogP contribution in [0.2, 0.25) is 0 Å². The molecule has 0 atom stereocenters. The van der Waals surface area contributed by atoms with Crippen LogP contribution in [0.1, 0.15) is 16.6 Å². The van der Waals surface area contributed by atoms with Crippen molar-refractivity contribution < 1.29 is 4.79 Å². The Morgan fingerprint density at radius 3 is 2.67 bits per heavy atom. The smallest absolute Gasteiger partial charge is 0.268 e. The van der Waals surface area contributed by atoms with Crippen molar-refractivity contribution in [2.75, 3.05) is 11.4 Å². The van der Waals surface area contributed by atoms with E-state index in [4.69, 9.17) is 0 Å². The maximum absolute atomic E-state index is 12.7. The normalized spacial score (nSPS) is 10.8. The average molecular weight is 313 g/mol. The molecule has 0 spiro atoms. The van der Waals surface area contributed by atoms with Crippen LogP contribution in [0.3, 0.4) is 0 Å². The lowest BCUT2D eigenvalue weighted by Gasteiger charge is -2.22. The molecule has 2 nitrogen and oxygen atoms in total. The van der Waals surface area contributed by atoms with Gasteiger partial charge in [0.25, 0.3) is 5.91 Å². The molecule has 0 unspecified atom stereocenters. The van der Waals surface area contributed by atoms with Gasteiger partial charge in [-0.3, -0.25) is 4.79 Å². The standard InChI is InChI=1S/C17H15NOS2/c1-2-18(17(19)16-10-13(20)11-21-16)15-9-5-7-12-6-3-4-8-14(12)15/h3-11,20H,2H2,1H3. The minimum atomic E-state index is 0.0270. The van der Waals surface area contributed by atoms with E-state index in [1.807, 2.05) is 47.5 Å². The second kappa shape index (κ2) is 5.92. The van der Waals surface area contributed by atoms with Crippen LogP contribution >= 0.6 is 24.0 Å². The minimum absolute atomic E-state index is 0.0270. The maximum Gasteiger partial charge on any atom is 0.268 e. The van der Waals surface area contributed by atoms with E-state index in [-0.39, 0.29) is 5.91 Å². The van der Waals surface area contributed by atoms with Crippen molar-refractivity contribution in [3.8, 4) is 0 Å². The number of rotatable bonds is 3. The highest BCUT2D eigenvalue weighted by Crippen LogP contribution is 2.29. The van der Waals surface area contributed by atoms with Crippen molar-refractivity contribution in [2.45, 2.75) is 11.8 Å². The summed E-state index contributed by atoms with van der Waals surface area (Å²) in [5.41, 5.74) is 0.953. The number of fused-ring (bicyclic) bond motifs is 1. The highest BCUT2D eigenvalue weighted by Gasteiger charge is 2.19. The molecule has 0 aliphatic carbocycles. The second-order valence-corrected chi connectivity index (χ2v) is 6.14. The molecular formula is C17H15NOS2. The van der Waals surface area contributed by atoms with Crippen molar-refractivity contribution in [3.63, 3.8) is 0 Å². The molecule has 3 aromatic rings. The van der Waals surface area contributed by atoms with E-state index < -0.39 is 0 Å². The summed E-state index contributed by atoms with van der Waals surface area (Å²) in [7, 11) is 0. The van der Waals surface area contributed by atoms with Crippen LogP contribution < -0.4 is 4.90 Å². The summed E-state index contributed by atoms with van der Waals surface area (Å²) < 4.78 is 0. The van der Waals surface area contributed by atoms with Gasteiger partial charge in [0.2, 0.25) is 0 Å². The topological polar surface area (TPSA) is 20.3 Å². The summed E-state index contributed by atoms with van der Waals surface area (Å²) in [6, 6.07) is 16.0. The van der Waals surface area contributed by atoms with E-state index in [1.54, 1.807) is 0 Å². The van der Waals surface area contributed by atoms with Crippen LogP contribution in [-0.4, -0.2) is 12.5 Å². The van der Waals surface area contributed by atoms with Gasteiger partial charge >= 0.3 is 0 Å². The molecule has 0 aliphatic rings. The molecular weight excluding hydrogens is 298 g/mol. The van der Waals surface area contributed by atoms with Gasteiger partial charge in [0.15, 0.2) is 0 Å². The molecule has 0 radical (unpaired) electrons. The molecule has 21 heavy (non-hydrogen) atoms. The Morgan fingerprint density at radius 1 is 1.19 bits per heavy atom. The van der Waals surface area contributed by atoms with E-state index in [2.05, 4.69) is 30.8 Å². The quantitative estimate of drug-likeness (QED) is 0.685. The van der Waals surface area contributed by atoms with Crippen LogP contribution in [0.4, 0.5) is 5.69 Å². The van der Waals surface area contributed by atoms with Gasteiger partial charge in [-0.2, -0.15) is 0 Å². The van der Waals surface area contributed by atoms with Crippen molar-refractivity contribution >= 4 is 46.3 Å². The summed E-state index contributed by atoms with van der Waals surface area (Å²) >= 11 is 5.72. The predicted molar refractivity (Wildman–Crippen MR) is 92.9 cm³/mol. The Kier molecular flexibility index (Phi) is 3.99. The van der Waals surface area contributed by atoms with E-state index >= 15 is 0 Å². The summed E-state index contributed by atoms with van der Waals surface area (Å²) in [5.74, 6) is 0.0270. The Morgan fingerprint density at radius 2 is 1.95 bits per heavy atom. The number of carbonyl (C=O) groups excluding carboxylic acids is 1. The largest absolute Gasteiger partial charge is 0.307 e. The monoisotopic (exact) mass is 313 g/mol. The van der Waals surface area contributed by atoms with E-state index in [1.165, 1.54) is 11.3 Å². The lowest BCUT2D eigenvalue weighted by molar-refractivity contribution is 0.0992. The molecule has 0 saturated carbocycles. The first-order valence-electron chi connectivity index (χ1n) is 6.78. The number of amides is 1. The second-order valence-electron chi connectivity index (χ2n) is 4.72. The third-order valence-electron chi connectivity index (χ3n) is 3.42. The fourth-order valence-electron chi connectivity index (χ4n) is 2.44. The SMILES string of the molecule is CCN(C(=O)c1cc(S)cs1)c1cccc2ccccc12. The Bertz CT molecular complexity index is 789. The van der Waals surface area contributed by atoms with Crippen LogP contribution in [0.15, 0.2) is 58.8 Å². The maximum atomic E-state index is 12.7. The highest BCUT2D eigenvalue weighted by atomic mass is 32.1. The molecule has 1 heterocycles. The average Bonchev–Trinajstić information content (AvgIpc) is 2.95. The van der Waals surface area contributed by atoms with E-state index in [0.29, 0.717) is 6.54 Å². The molecule has 4 heteroatoms. The van der Waals surface area contributed by atoms with Crippen molar-refractivity contribution in [1.82, 2.24) is 0 Å². The molecule has 0 bridgehead atoms. The number of hydrogen-bond donors (Lipinski definition) is 1. The van der Waals surface area contributed by atoms with Gasteiger partial charge in [0, 0.05) is 22.2 Å². The first kappa shape index (κ1) is 14.2. The summed E-state index contributed by atoms with van der Waals surface area (Å²) in [5, 5.41) is 4.12. The lowest BCUT2D eigenvalue weighted by atomic mass is 10.1. The number of hydrogen-bond acceptors (Lipinski definition) is 3. The van der Waals surface area contributed by atoms with Crippen molar-refractivity contribution in [1.29, 1.82) is 0 Å². The number of thiol groups is 1. The number of nitrogens with zero attached hydrogens (tertiary/aromatic N) is 1. The fraction of sp³-hybridized carbons (Fsp3) is 0.118. The van der Waals surface area contributed by atoms with Gasteiger partial charge in [-0.25, -0.2) is 0 Å². The molecule has 3 rings (SSSR count). The third kappa shape index (κ3) is 2.69. The molecule has 0 fully saturated rings. The number of carbonyl (C=O) groups is 1. The molecule has 1 aromatic heterocycles. The van der Waals surface area contributed by atoms with Gasteiger partial charge in [0.1, 0.15) is 0 Å². The fourth-order valence-corrected chi connectivity index (χ4v) is 3.53. The van der Waals surface area contributed by atoms with Gasteiger partial charge in [0.05, 0.1) is 10.6 Å². The Hall–Kier alpha value is -1.78. The van der Waals surface area contributed by atoms with E-state index in [9.17, 15) is 4.79 Å². The lowest BCUT2D eigenvalue weighted by Crippen LogP contribution is -2.30. The molecule has 0 saturated heterocycles. The first-order valence-corrected chi connectivity index (χ1v) is 8.10. The summed E-state index contributed by atoms with van der Waals surface area (Å²) in [4.78, 5) is 16.1. The van der Waals surface area contributed by atoms with Gasteiger partial charge in [-0.1, -0.05) is 36.4 Å². The Balaban J connectivity index is 2.08. The number of benzene rings is 2. The zero-order chi connectivity index (χ0) is 14.8. The van der Waals surface area contributed by atoms with Crippen molar-refractivity contribution in [2.24, 2.45) is 0 Å². The third-order valence-corrected chi connectivity index (χ3v) is 4.77. The van der Waals surface area contributed by atoms with E-state index in [0.717, 1.165) is 26.2 Å². The number of anilines is 1. The van der Waals surface area contributed by atoms with Gasteiger partial charge in [-0.05, 0) is 24.4 Å². The molecule has 2 aromatic carbocycles. The van der Waals surface area contributed by atoms with Crippen LogP contribution in [-0.2, 0) is 0 Å². The highest BCUT2D eigenvalue weighted by molar-refractivity contribution is 7.80. The molecule has 106 valence electrons. The Labute approximate surface area is 133 Å². The zero-order valence-electron chi connectivity index (χ0n) is 11.6. The number of thiophene rings is 1. The van der Waals surface area contributed by atoms with Crippen LogP contribution in [0, 0.1) is 0 Å². The van der Waals surface area contributed by atoms with Gasteiger partial charge < -0.3 is 4.90 Å². The molecule has 0 aliphatic heterocycles. The minimum Gasteiger partial charge on any atom is -0.307 e. The van der Waals surface area contributed by atoms with Crippen LogP contribution in [0.25, 0.3) is 10.8 Å². The molecule has 0 N–H and O–H groups in total. The first-order chi connectivity index (χ1) is 10.2.